The van der Waals surface area contributed by atoms with Crippen molar-refractivity contribution in [3.63, 3.8) is 0 Å². The van der Waals surface area contributed by atoms with Crippen molar-refractivity contribution < 1.29 is 17.6 Å². The summed E-state index contributed by atoms with van der Waals surface area (Å²) >= 11 is 1.29. The second kappa shape index (κ2) is 8.63. The molecule has 1 N–H and O–H groups in total. The van der Waals surface area contributed by atoms with E-state index >= 15 is 0 Å². The zero-order valence-electron chi connectivity index (χ0n) is 16.0. The molecule has 0 aliphatic carbocycles. The molecule has 30 heavy (non-hydrogen) atoms. The lowest BCUT2D eigenvalue weighted by Gasteiger charge is -2.15. The summed E-state index contributed by atoms with van der Waals surface area (Å²) in [6.07, 6.45) is 3.84. The van der Waals surface area contributed by atoms with Crippen LogP contribution in [-0.2, 0) is 16.4 Å². The van der Waals surface area contributed by atoms with Gasteiger partial charge in [0.2, 0.25) is 10.0 Å². The molecule has 0 atom stereocenters. The summed E-state index contributed by atoms with van der Waals surface area (Å²) in [6.45, 7) is 1.01. The molecule has 0 bridgehead atoms. The quantitative estimate of drug-likeness (QED) is 0.624. The molecule has 4 rings (SSSR count). The highest BCUT2D eigenvalue weighted by atomic mass is 32.2. The van der Waals surface area contributed by atoms with Gasteiger partial charge in [-0.2, -0.15) is 4.31 Å². The van der Waals surface area contributed by atoms with Gasteiger partial charge in [-0.15, -0.1) is 11.3 Å². The lowest BCUT2D eigenvalue weighted by molar-refractivity contribution is 0.102. The summed E-state index contributed by atoms with van der Waals surface area (Å²) in [5.74, 6) is -0.727. The Morgan fingerprint density at radius 1 is 1.13 bits per heavy atom. The van der Waals surface area contributed by atoms with E-state index in [0.29, 0.717) is 24.6 Å². The summed E-state index contributed by atoms with van der Waals surface area (Å²) in [7, 11) is -3.59. The standard InChI is InChI=1S/C21H20FN3O3S2/c22-17-7-3-5-15(11-17)12-18-14-23-21(29-18)24-20(26)16-6-4-8-19(13-16)30(27,28)25-9-1-2-10-25/h3-8,11,13-14H,1-2,9-10,12H2,(H,23,24,26). The third-order valence-corrected chi connectivity index (χ3v) is 7.65. The average molecular weight is 446 g/mol. The fourth-order valence-corrected chi connectivity index (χ4v) is 5.74. The van der Waals surface area contributed by atoms with E-state index in [1.165, 1.54) is 39.9 Å². The molecular weight excluding hydrogens is 425 g/mol. The van der Waals surface area contributed by atoms with E-state index < -0.39 is 15.9 Å². The number of thiazole rings is 1. The Bertz CT molecular complexity index is 1170. The zero-order chi connectivity index (χ0) is 21.1. The predicted molar refractivity (Wildman–Crippen MR) is 114 cm³/mol. The van der Waals surface area contributed by atoms with Gasteiger partial charge in [-0.25, -0.2) is 17.8 Å². The molecule has 1 fully saturated rings. The highest BCUT2D eigenvalue weighted by molar-refractivity contribution is 7.89. The molecule has 2 aromatic carbocycles. The Kier molecular flexibility index (Phi) is 5.94. The summed E-state index contributed by atoms with van der Waals surface area (Å²) in [5.41, 5.74) is 1.06. The van der Waals surface area contributed by atoms with Gasteiger partial charge in [0.05, 0.1) is 4.90 Å². The number of hydrogen-bond acceptors (Lipinski definition) is 5. The number of aromatic nitrogens is 1. The normalized spacial score (nSPS) is 14.7. The molecule has 0 unspecified atom stereocenters. The third-order valence-electron chi connectivity index (χ3n) is 4.84. The fraction of sp³-hybridized carbons (Fsp3) is 0.238. The molecule has 0 saturated carbocycles. The maximum atomic E-state index is 13.3. The molecule has 1 amide bonds. The first-order valence-electron chi connectivity index (χ1n) is 9.52. The van der Waals surface area contributed by atoms with Crippen LogP contribution in [0.1, 0.15) is 33.6 Å². The first-order chi connectivity index (χ1) is 14.4. The van der Waals surface area contributed by atoms with Gasteiger partial charge < -0.3 is 0 Å². The number of halogens is 1. The summed E-state index contributed by atoms with van der Waals surface area (Å²) in [4.78, 5) is 17.8. The third kappa shape index (κ3) is 4.58. The Labute approximate surface area is 178 Å². The number of amides is 1. The first kappa shape index (κ1) is 20.6. The highest BCUT2D eigenvalue weighted by Gasteiger charge is 2.27. The SMILES string of the molecule is O=C(Nc1ncc(Cc2cccc(F)c2)s1)c1cccc(S(=O)(=O)N2CCCC2)c1. The topological polar surface area (TPSA) is 79.4 Å². The molecule has 3 aromatic rings. The Hall–Kier alpha value is -2.62. The maximum absolute atomic E-state index is 13.3. The fourth-order valence-electron chi connectivity index (χ4n) is 3.34. The van der Waals surface area contributed by atoms with Gasteiger partial charge in [0.1, 0.15) is 5.82 Å². The van der Waals surface area contributed by atoms with E-state index in [1.807, 2.05) is 6.07 Å². The monoisotopic (exact) mass is 445 g/mol. The molecular formula is C21H20FN3O3S2. The van der Waals surface area contributed by atoms with Crippen molar-refractivity contribution >= 4 is 32.4 Å². The summed E-state index contributed by atoms with van der Waals surface area (Å²) < 4.78 is 40.2. The Morgan fingerprint density at radius 2 is 1.90 bits per heavy atom. The van der Waals surface area contributed by atoms with Crippen LogP contribution in [0.25, 0.3) is 0 Å². The number of sulfonamides is 1. The van der Waals surface area contributed by atoms with Crippen LogP contribution < -0.4 is 5.32 Å². The molecule has 0 spiro atoms. The van der Waals surface area contributed by atoms with E-state index in [-0.39, 0.29) is 16.3 Å². The number of nitrogens with zero attached hydrogens (tertiary/aromatic N) is 2. The second-order valence-electron chi connectivity index (χ2n) is 7.03. The number of anilines is 1. The highest BCUT2D eigenvalue weighted by Crippen LogP contribution is 2.24. The van der Waals surface area contributed by atoms with Crippen molar-refractivity contribution in [1.82, 2.24) is 9.29 Å². The van der Waals surface area contributed by atoms with E-state index in [2.05, 4.69) is 10.3 Å². The van der Waals surface area contributed by atoms with Crippen LogP contribution in [0, 0.1) is 5.82 Å². The lowest BCUT2D eigenvalue weighted by Crippen LogP contribution is -2.28. The Morgan fingerprint density at radius 3 is 2.67 bits per heavy atom. The van der Waals surface area contributed by atoms with Crippen molar-refractivity contribution in [3.05, 3.63) is 76.5 Å². The lowest BCUT2D eigenvalue weighted by atomic mass is 10.1. The van der Waals surface area contributed by atoms with Crippen molar-refractivity contribution in [2.75, 3.05) is 18.4 Å². The van der Waals surface area contributed by atoms with Gasteiger partial charge >= 0.3 is 0 Å². The number of carbonyl (C=O) groups is 1. The molecule has 9 heteroatoms. The molecule has 1 aliphatic heterocycles. The van der Waals surface area contributed by atoms with Gasteiger partial charge in [0, 0.05) is 36.1 Å². The van der Waals surface area contributed by atoms with Gasteiger partial charge in [0.25, 0.3) is 5.91 Å². The number of benzene rings is 2. The Balaban J connectivity index is 1.46. The minimum atomic E-state index is -3.59. The van der Waals surface area contributed by atoms with Crippen molar-refractivity contribution in [1.29, 1.82) is 0 Å². The zero-order valence-corrected chi connectivity index (χ0v) is 17.7. The molecule has 1 aliphatic rings. The van der Waals surface area contributed by atoms with Crippen LogP contribution in [0.15, 0.2) is 59.6 Å². The van der Waals surface area contributed by atoms with E-state index in [4.69, 9.17) is 0 Å². The smallest absolute Gasteiger partial charge is 0.257 e. The largest absolute Gasteiger partial charge is 0.298 e. The maximum Gasteiger partial charge on any atom is 0.257 e. The minimum Gasteiger partial charge on any atom is -0.298 e. The van der Waals surface area contributed by atoms with Crippen LogP contribution in [0.4, 0.5) is 9.52 Å². The van der Waals surface area contributed by atoms with Gasteiger partial charge in [-0.3, -0.25) is 10.1 Å². The van der Waals surface area contributed by atoms with Crippen molar-refractivity contribution in [3.8, 4) is 0 Å². The minimum absolute atomic E-state index is 0.114. The number of nitrogens with one attached hydrogen (secondary N) is 1. The predicted octanol–water partition coefficient (Wildman–Crippen LogP) is 3.91. The van der Waals surface area contributed by atoms with Crippen LogP contribution in [-0.4, -0.2) is 36.7 Å². The molecule has 1 saturated heterocycles. The summed E-state index contributed by atoms with van der Waals surface area (Å²) in [5, 5.41) is 3.11. The van der Waals surface area contributed by atoms with E-state index in [9.17, 15) is 17.6 Å². The number of rotatable bonds is 6. The van der Waals surface area contributed by atoms with Crippen LogP contribution >= 0.6 is 11.3 Å². The van der Waals surface area contributed by atoms with Crippen LogP contribution in [0.5, 0.6) is 0 Å². The van der Waals surface area contributed by atoms with E-state index in [0.717, 1.165) is 23.3 Å². The van der Waals surface area contributed by atoms with Gasteiger partial charge in [0.15, 0.2) is 5.13 Å². The number of hydrogen-bond donors (Lipinski definition) is 1. The van der Waals surface area contributed by atoms with Crippen LogP contribution in [0.3, 0.4) is 0 Å². The first-order valence-corrected chi connectivity index (χ1v) is 11.8. The molecule has 6 nitrogen and oxygen atoms in total. The molecule has 156 valence electrons. The van der Waals surface area contributed by atoms with Crippen LogP contribution in [0.2, 0.25) is 0 Å². The molecule has 2 heterocycles. The summed E-state index contributed by atoms with van der Waals surface area (Å²) in [6, 6.07) is 12.4. The van der Waals surface area contributed by atoms with Gasteiger partial charge in [-0.1, -0.05) is 18.2 Å². The molecule has 1 aromatic heterocycles. The van der Waals surface area contributed by atoms with Gasteiger partial charge in [-0.05, 0) is 48.7 Å². The second-order valence-corrected chi connectivity index (χ2v) is 10.1. The number of carbonyl (C=O) groups excluding carboxylic acids is 1. The van der Waals surface area contributed by atoms with Crippen molar-refractivity contribution in [2.24, 2.45) is 0 Å². The molecule has 0 radical (unpaired) electrons. The van der Waals surface area contributed by atoms with E-state index in [1.54, 1.807) is 24.4 Å². The average Bonchev–Trinajstić information content (AvgIpc) is 3.41. The van der Waals surface area contributed by atoms with Crippen molar-refractivity contribution in [2.45, 2.75) is 24.2 Å².